The van der Waals surface area contributed by atoms with E-state index in [-0.39, 0.29) is 5.91 Å². The van der Waals surface area contributed by atoms with Crippen molar-refractivity contribution in [2.75, 3.05) is 13.1 Å². The van der Waals surface area contributed by atoms with Crippen LogP contribution < -0.4 is 10.1 Å². The summed E-state index contributed by atoms with van der Waals surface area (Å²) in [5.41, 5.74) is 2.39. The van der Waals surface area contributed by atoms with E-state index in [0.29, 0.717) is 17.3 Å². The average molecular weight is 373 g/mol. The number of halogens is 1. The quantitative estimate of drug-likeness (QED) is 0.798. The van der Waals surface area contributed by atoms with Gasteiger partial charge in [-0.15, -0.1) is 0 Å². The topological polar surface area (TPSA) is 41.6 Å². The summed E-state index contributed by atoms with van der Waals surface area (Å²) >= 11 is 6.07. The first-order chi connectivity index (χ1) is 12.6. The van der Waals surface area contributed by atoms with Crippen molar-refractivity contribution in [3.63, 3.8) is 0 Å². The highest BCUT2D eigenvalue weighted by molar-refractivity contribution is 6.32. The Bertz CT molecular complexity index is 744. The third kappa shape index (κ3) is 5.23. The van der Waals surface area contributed by atoms with Gasteiger partial charge in [0.2, 0.25) is 0 Å². The van der Waals surface area contributed by atoms with Crippen LogP contribution in [0.1, 0.15) is 30.9 Å². The summed E-state index contributed by atoms with van der Waals surface area (Å²) in [6, 6.07) is 15.6. The van der Waals surface area contributed by atoms with E-state index in [1.54, 1.807) is 19.1 Å². The first kappa shape index (κ1) is 18.7. The maximum atomic E-state index is 12.3. The third-order valence-electron chi connectivity index (χ3n) is 4.57. The highest BCUT2D eigenvalue weighted by Crippen LogP contribution is 2.24. The second-order valence-corrected chi connectivity index (χ2v) is 7.12. The van der Waals surface area contributed by atoms with Crippen molar-refractivity contribution in [1.82, 2.24) is 10.2 Å². The SMILES string of the molecule is C[C@H](Oc1ccccc1Cl)C(=O)NCc1cccc(CN2CCCC2)c1. The Balaban J connectivity index is 1.51. The molecule has 26 heavy (non-hydrogen) atoms. The van der Waals surface area contributed by atoms with Gasteiger partial charge in [-0.05, 0) is 56.1 Å². The molecule has 0 aliphatic carbocycles. The molecule has 0 unspecified atom stereocenters. The molecule has 0 bridgehead atoms. The summed E-state index contributed by atoms with van der Waals surface area (Å²) in [7, 11) is 0. The summed E-state index contributed by atoms with van der Waals surface area (Å²) in [4.78, 5) is 14.8. The Kier molecular flexibility index (Phi) is 6.53. The molecule has 1 heterocycles. The number of nitrogens with zero attached hydrogens (tertiary/aromatic N) is 1. The van der Waals surface area contributed by atoms with Gasteiger partial charge in [0.05, 0.1) is 5.02 Å². The summed E-state index contributed by atoms with van der Waals surface area (Å²) in [6.45, 7) is 5.55. The number of para-hydroxylation sites is 1. The molecule has 2 aromatic rings. The second kappa shape index (κ2) is 9.06. The van der Waals surface area contributed by atoms with Crippen LogP contribution in [0.25, 0.3) is 0 Å². The normalized spacial score (nSPS) is 15.6. The van der Waals surface area contributed by atoms with Gasteiger partial charge >= 0.3 is 0 Å². The lowest BCUT2D eigenvalue weighted by molar-refractivity contribution is -0.127. The van der Waals surface area contributed by atoms with Gasteiger partial charge < -0.3 is 10.1 Å². The Hall–Kier alpha value is -2.04. The molecule has 3 rings (SSSR count). The largest absolute Gasteiger partial charge is 0.479 e. The molecule has 5 heteroatoms. The highest BCUT2D eigenvalue weighted by atomic mass is 35.5. The molecule has 0 saturated carbocycles. The minimum absolute atomic E-state index is 0.158. The van der Waals surface area contributed by atoms with Crippen LogP contribution in [0.2, 0.25) is 5.02 Å². The summed E-state index contributed by atoms with van der Waals surface area (Å²) in [5, 5.41) is 3.44. The number of likely N-dealkylation sites (tertiary alicyclic amines) is 1. The van der Waals surface area contributed by atoms with E-state index in [0.717, 1.165) is 12.1 Å². The maximum Gasteiger partial charge on any atom is 0.261 e. The molecular formula is C21H25ClN2O2. The van der Waals surface area contributed by atoms with Crippen LogP contribution in [0, 0.1) is 0 Å². The third-order valence-corrected chi connectivity index (χ3v) is 4.88. The molecule has 2 aromatic carbocycles. The fraction of sp³-hybridized carbons (Fsp3) is 0.381. The minimum atomic E-state index is -0.609. The molecule has 4 nitrogen and oxygen atoms in total. The Morgan fingerprint density at radius 1 is 1.15 bits per heavy atom. The summed E-state index contributed by atoms with van der Waals surface area (Å²) in [5.74, 6) is 0.360. The van der Waals surface area contributed by atoms with E-state index >= 15 is 0 Å². The van der Waals surface area contributed by atoms with E-state index in [1.807, 2.05) is 18.2 Å². The molecule has 1 N–H and O–H groups in total. The van der Waals surface area contributed by atoms with Gasteiger partial charge in [0.15, 0.2) is 6.10 Å². The zero-order valence-electron chi connectivity index (χ0n) is 15.1. The molecule has 138 valence electrons. The first-order valence-corrected chi connectivity index (χ1v) is 9.48. The predicted octanol–water partition coefficient (Wildman–Crippen LogP) is 4.02. The molecule has 0 spiro atoms. The zero-order chi connectivity index (χ0) is 18.4. The number of carbonyl (C=O) groups excluding carboxylic acids is 1. The van der Waals surface area contributed by atoms with Crippen molar-refractivity contribution in [2.24, 2.45) is 0 Å². The number of hydrogen-bond acceptors (Lipinski definition) is 3. The van der Waals surface area contributed by atoms with Gasteiger partial charge in [0.1, 0.15) is 5.75 Å². The van der Waals surface area contributed by atoms with Crippen molar-refractivity contribution in [1.29, 1.82) is 0 Å². The van der Waals surface area contributed by atoms with Crippen LogP contribution in [0.5, 0.6) is 5.75 Å². The van der Waals surface area contributed by atoms with Crippen molar-refractivity contribution in [3.8, 4) is 5.75 Å². The number of ether oxygens (including phenoxy) is 1. The molecule has 1 fully saturated rings. The molecule has 0 radical (unpaired) electrons. The lowest BCUT2D eigenvalue weighted by Crippen LogP contribution is -2.36. The van der Waals surface area contributed by atoms with Crippen LogP contribution in [-0.4, -0.2) is 30.0 Å². The Morgan fingerprint density at radius 2 is 1.88 bits per heavy atom. The van der Waals surface area contributed by atoms with Crippen molar-refractivity contribution in [3.05, 3.63) is 64.7 Å². The van der Waals surface area contributed by atoms with Crippen LogP contribution in [0.4, 0.5) is 0 Å². The van der Waals surface area contributed by atoms with Crippen molar-refractivity contribution < 1.29 is 9.53 Å². The monoisotopic (exact) mass is 372 g/mol. The van der Waals surface area contributed by atoms with Gasteiger partial charge in [-0.1, -0.05) is 48.0 Å². The predicted molar refractivity (Wildman–Crippen MR) is 104 cm³/mol. The number of benzene rings is 2. The molecular weight excluding hydrogens is 348 g/mol. The Morgan fingerprint density at radius 3 is 2.65 bits per heavy atom. The zero-order valence-corrected chi connectivity index (χ0v) is 15.8. The van der Waals surface area contributed by atoms with E-state index in [2.05, 4.69) is 28.4 Å². The fourth-order valence-corrected chi connectivity index (χ4v) is 3.33. The van der Waals surface area contributed by atoms with Gasteiger partial charge in [0, 0.05) is 13.1 Å². The molecule has 1 atom stereocenters. The van der Waals surface area contributed by atoms with Gasteiger partial charge in [0.25, 0.3) is 5.91 Å². The van der Waals surface area contributed by atoms with Crippen molar-refractivity contribution in [2.45, 2.75) is 39.0 Å². The summed E-state index contributed by atoms with van der Waals surface area (Å²) in [6.07, 6.45) is 1.97. The van der Waals surface area contributed by atoms with Gasteiger partial charge in [-0.25, -0.2) is 0 Å². The van der Waals surface area contributed by atoms with Crippen LogP contribution in [0.3, 0.4) is 0 Å². The molecule has 1 amide bonds. The van der Waals surface area contributed by atoms with E-state index in [1.165, 1.54) is 31.5 Å². The van der Waals surface area contributed by atoms with Gasteiger partial charge in [-0.2, -0.15) is 0 Å². The number of hydrogen-bond donors (Lipinski definition) is 1. The molecule has 1 saturated heterocycles. The highest BCUT2D eigenvalue weighted by Gasteiger charge is 2.16. The van der Waals surface area contributed by atoms with Crippen LogP contribution in [0.15, 0.2) is 48.5 Å². The average Bonchev–Trinajstić information content (AvgIpc) is 3.15. The summed E-state index contributed by atoms with van der Waals surface area (Å²) < 4.78 is 5.66. The number of nitrogens with one attached hydrogen (secondary N) is 1. The minimum Gasteiger partial charge on any atom is -0.479 e. The molecule has 1 aliphatic heterocycles. The number of rotatable bonds is 7. The van der Waals surface area contributed by atoms with E-state index < -0.39 is 6.10 Å². The maximum absolute atomic E-state index is 12.3. The first-order valence-electron chi connectivity index (χ1n) is 9.11. The lowest BCUT2D eigenvalue weighted by atomic mass is 10.1. The van der Waals surface area contributed by atoms with E-state index in [9.17, 15) is 4.79 Å². The van der Waals surface area contributed by atoms with Crippen molar-refractivity contribution >= 4 is 17.5 Å². The second-order valence-electron chi connectivity index (χ2n) is 6.71. The number of amides is 1. The standard InChI is InChI=1S/C21H25ClN2O2/c1-16(26-20-10-3-2-9-19(20)22)21(25)23-14-17-7-6-8-18(13-17)15-24-11-4-5-12-24/h2-3,6-10,13,16H,4-5,11-12,14-15H2,1H3,(H,23,25)/t16-/m0/s1. The van der Waals surface area contributed by atoms with Crippen LogP contribution in [-0.2, 0) is 17.9 Å². The fourth-order valence-electron chi connectivity index (χ4n) is 3.15. The molecule has 1 aliphatic rings. The lowest BCUT2D eigenvalue weighted by Gasteiger charge is -2.17. The number of carbonyl (C=O) groups is 1. The smallest absolute Gasteiger partial charge is 0.261 e. The van der Waals surface area contributed by atoms with Crippen LogP contribution >= 0.6 is 11.6 Å². The Labute approximate surface area is 160 Å². The van der Waals surface area contributed by atoms with Gasteiger partial charge in [-0.3, -0.25) is 9.69 Å². The van der Waals surface area contributed by atoms with E-state index in [4.69, 9.17) is 16.3 Å². The molecule has 0 aromatic heterocycles.